The fourth-order valence-corrected chi connectivity index (χ4v) is 2.70. The number of carbonyl (C=O) groups excluding carboxylic acids is 1. The first kappa shape index (κ1) is 16.1. The van der Waals surface area contributed by atoms with Crippen LogP contribution < -0.4 is 11.1 Å². The number of carbonyl (C=O) groups is 1. The zero-order valence-electron chi connectivity index (χ0n) is 12.2. The summed E-state index contributed by atoms with van der Waals surface area (Å²) >= 11 is 5.83. The predicted molar refractivity (Wildman–Crippen MR) is 85.4 cm³/mol. The van der Waals surface area contributed by atoms with Crippen LogP contribution in [0.1, 0.15) is 26.2 Å². The Hall–Kier alpha value is -1.30. The summed E-state index contributed by atoms with van der Waals surface area (Å²) in [6, 6.07) is 5.00. The van der Waals surface area contributed by atoms with E-state index in [4.69, 9.17) is 17.3 Å². The van der Waals surface area contributed by atoms with Crippen LogP contribution in [0.25, 0.3) is 0 Å². The van der Waals surface area contributed by atoms with Crippen LogP contribution in [0.3, 0.4) is 0 Å². The summed E-state index contributed by atoms with van der Waals surface area (Å²) in [6.07, 6.45) is 2.35. The quantitative estimate of drug-likeness (QED) is 0.747. The molecule has 0 spiro atoms. The third-order valence-electron chi connectivity index (χ3n) is 3.81. The average molecular weight is 312 g/mol. The maximum absolute atomic E-state index is 12.1. The van der Waals surface area contributed by atoms with Gasteiger partial charge in [-0.05, 0) is 50.9 Å². The van der Waals surface area contributed by atoms with Crippen molar-refractivity contribution in [2.75, 3.05) is 30.7 Å². The number of anilines is 2. The van der Waals surface area contributed by atoms with Crippen molar-refractivity contribution >= 4 is 28.9 Å². The molecule has 1 heterocycles. The number of nitrogen functional groups attached to an aromatic ring is 1. The molecule has 21 heavy (non-hydrogen) atoms. The summed E-state index contributed by atoms with van der Waals surface area (Å²) in [6.45, 7) is 3.69. The number of hydrogen-bond donors (Lipinski definition) is 3. The Labute approximate surface area is 130 Å². The van der Waals surface area contributed by atoms with Crippen molar-refractivity contribution in [3.8, 4) is 0 Å². The molecule has 1 aliphatic heterocycles. The van der Waals surface area contributed by atoms with E-state index in [0.29, 0.717) is 29.4 Å². The van der Waals surface area contributed by atoms with E-state index in [1.54, 1.807) is 18.2 Å². The lowest BCUT2D eigenvalue weighted by Gasteiger charge is -2.22. The number of nitrogens with zero attached hydrogens (tertiary/aromatic N) is 1. The molecule has 2 rings (SSSR count). The molecule has 1 atom stereocenters. The summed E-state index contributed by atoms with van der Waals surface area (Å²) in [5.74, 6) is -0.106. The largest absolute Gasteiger partial charge is 0.397 e. The molecule has 1 aliphatic rings. The van der Waals surface area contributed by atoms with Crippen LogP contribution in [-0.2, 0) is 4.79 Å². The van der Waals surface area contributed by atoms with Crippen LogP contribution >= 0.6 is 11.6 Å². The molecule has 0 radical (unpaired) electrons. The minimum Gasteiger partial charge on any atom is -0.397 e. The number of likely N-dealkylation sites (tertiary alicyclic amines) is 1. The first-order valence-corrected chi connectivity index (χ1v) is 7.53. The summed E-state index contributed by atoms with van der Waals surface area (Å²) in [4.78, 5) is 14.1. The SMILES string of the molecule is CC1(O)CCCN(CC(=O)Nc2ccc(Cl)cc2N)CC1. The van der Waals surface area contributed by atoms with E-state index in [2.05, 4.69) is 10.2 Å². The molecular formula is C15H22ClN3O2. The van der Waals surface area contributed by atoms with Gasteiger partial charge in [-0.1, -0.05) is 11.6 Å². The molecule has 4 N–H and O–H groups in total. The smallest absolute Gasteiger partial charge is 0.238 e. The first-order chi connectivity index (χ1) is 9.85. The van der Waals surface area contributed by atoms with Crippen molar-refractivity contribution in [2.24, 2.45) is 0 Å². The number of nitrogens with one attached hydrogen (secondary N) is 1. The normalized spacial score (nSPS) is 23.6. The summed E-state index contributed by atoms with van der Waals surface area (Å²) < 4.78 is 0. The topological polar surface area (TPSA) is 78.6 Å². The van der Waals surface area contributed by atoms with Crippen LogP contribution in [0.15, 0.2) is 18.2 Å². The molecule has 1 unspecified atom stereocenters. The molecule has 0 aromatic heterocycles. The first-order valence-electron chi connectivity index (χ1n) is 7.15. The highest BCUT2D eigenvalue weighted by Gasteiger charge is 2.25. The van der Waals surface area contributed by atoms with E-state index in [1.165, 1.54) is 0 Å². The zero-order valence-corrected chi connectivity index (χ0v) is 13.0. The monoisotopic (exact) mass is 311 g/mol. The van der Waals surface area contributed by atoms with Crippen molar-refractivity contribution in [1.82, 2.24) is 4.90 Å². The summed E-state index contributed by atoms with van der Waals surface area (Å²) in [7, 11) is 0. The van der Waals surface area contributed by atoms with Gasteiger partial charge in [0.2, 0.25) is 5.91 Å². The zero-order chi connectivity index (χ0) is 15.5. The van der Waals surface area contributed by atoms with Crippen molar-refractivity contribution in [2.45, 2.75) is 31.8 Å². The van der Waals surface area contributed by atoms with E-state index in [1.807, 2.05) is 6.92 Å². The molecule has 1 aromatic carbocycles. The standard InChI is InChI=1S/C15H22ClN3O2/c1-15(21)5-2-7-19(8-6-15)10-14(20)18-13-4-3-11(16)9-12(13)17/h3-4,9,21H,2,5-8,10,17H2,1H3,(H,18,20). The van der Waals surface area contributed by atoms with E-state index in [9.17, 15) is 9.90 Å². The van der Waals surface area contributed by atoms with Crippen LogP contribution in [0.2, 0.25) is 5.02 Å². The van der Waals surface area contributed by atoms with E-state index >= 15 is 0 Å². The highest BCUT2D eigenvalue weighted by atomic mass is 35.5. The van der Waals surface area contributed by atoms with E-state index in [0.717, 1.165) is 25.9 Å². The fourth-order valence-electron chi connectivity index (χ4n) is 2.52. The van der Waals surface area contributed by atoms with Crippen molar-refractivity contribution in [1.29, 1.82) is 0 Å². The highest BCUT2D eigenvalue weighted by Crippen LogP contribution is 2.23. The van der Waals surface area contributed by atoms with E-state index in [-0.39, 0.29) is 5.91 Å². The number of benzene rings is 1. The van der Waals surface area contributed by atoms with Crippen molar-refractivity contribution in [3.05, 3.63) is 23.2 Å². The maximum atomic E-state index is 12.1. The Kier molecular flexibility index (Phi) is 5.08. The number of nitrogens with two attached hydrogens (primary N) is 1. The van der Waals surface area contributed by atoms with Gasteiger partial charge in [-0.15, -0.1) is 0 Å². The molecule has 1 amide bonds. The van der Waals surface area contributed by atoms with Gasteiger partial charge >= 0.3 is 0 Å². The Bertz CT molecular complexity index is 520. The van der Waals surface area contributed by atoms with Gasteiger partial charge in [-0.25, -0.2) is 0 Å². The number of amides is 1. The van der Waals surface area contributed by atoms with Gasteiger partial charge in [0.05, 0.1) is 23.5 Å². The van der Waals surface area contributed by atoms with Crippen LogP contribution in [0.4, 0.5) is 11.4 Å². The average Bonchev–Trinajstić information content (AvgIpc) is 2.54. The highest BCUT2D eigenvalue weighted by molar-refractivity contribution is 6.31. The van der Waals surface area contributed by atoms with Gasteiger partial charge in [0.15, 0.2) is 0 Å². The van der Waals surface area contributed by atoms with Gasteiger partial charge in [0.1, 0.15) is 0 Å². The number of aliphatic hydroxyl groups is 1. The van der Waals surface area contributed by atoms with E-state index < -0.39 is 5.60 Å². The number of rotatable bonds is 3. The molecule has 1 fully saturated rings. The maximum Gasteiger partial charge on any atom is 0.238 e. The Morgan fingerprint density at radius 2 is 2.24 bits per heavy atom. The van der Waals surface area contributed by atoms with Crippen LogP contribution in [0.5, 0.6) is 0 Å². The molecule has 0 aliphatic carbocycles. The number of halogens is 1. The minimum atomic E-state index is -0.619. The van der Waals surface area contributed by atoms with Crippen molar-refractivity contribution in [3.63, 3.8) is 0 Å². The number of hydrogen-bond acceptors (Lipinski definition) is 4. The second-order valence-electron chi connectivity index (χ2n) is 5.91. The molecular weight excluding hydrogens is 290 g/mol. The van der Waals surface area contributed by atoms with Gasteiger partial charge in [-0.2, -0.15) is 0 Å². The summed E-state index contributed by atoms with van der Waals surface area (Å²) in [5.41, 5.74) is 6.23. The molecule has 1 aromatic rings. The lowest BCUT2D eigenvalue weighted by atomic mass is 9.98. The molecule has 1 saturated heterocycles. The van der Waals surface area contributed by atoms with Gasteiger partial charge in [0.25, 0.3) is 0 Å². The third-order valence-corrected chi connectivity index (χ3v) is 4.05. The molecule has 0 saturated carbocycles. The molecule has 116 valence electrons. The van der Waals surface area contributed by atoms with Crippen LogP contribution in [-0.4, -0.2) is 41.1 Å². The predicted octanol–water partition coefficient (Wildman–Crippen LogP) is 2.10. The van der Waals surface area contributed by atoms with Gasteiger partial charge in [-0.3, -0.25) is 9.69 Å². The summed E-state index contributed by atoms with van der Waals surface area (Å²) in [5, 5.41) is 13.4. The lowest BCUT2D eigenvalue weighted by Crippen LogP contribution is -2.35. The second-order valence-corrected chi connectivity index (χ2v) is 6.34. The van der Waals surface area contributed by atoms with Crippen LogP contribution in [0, 0.1) is 0 Å². The Morgan fingerprint density at radius 3 is 2.95 bits per heavy atom. The Morgan fingerprint density at radius 1 is 1.48 bits per heavy atom. The van der Waals surface area contributed by atoms with Crippen molar-refractivity contribution < 1.29 is 9.90 Å². The van der Waals surface area contributed by atoms with Gasteiger partial charge in [0, 0.05) is 11.6 Å². The lowest BCUT2D eigenvalue weighted by molar-refractivity contribution is -0.117. The molecule has 5 nitrogen and oxygen atoms in total. The second kappa shape index (κ2) is 6.64. The molecule has 6 heteroatoms. The molecule has 0 bridgehead atoms. The third kappa shape index (κ3) is 4.88. The minimum absolute atomic E-state index is 0.106. The van der Waals surface area contributed by atoms with Gasteiger partial charge < -0.3 is 16.2 Å². The fraction of sp³-hybridized carbons (Fsp3) is 0.533. The Balaban J connectivity index is 1.89.